The highest BCUT2D eigenvalue weighted by Crippen LogP contribution is 2.48. The number of benzene rings is 1. The molecule has 0 radical (unpaired) electrons. The molecule has 0 saturated heterocycles. The number of halogens is 1. The van der Waals surface area contributed by atoms with Crippen molar-refractivity contribution in [2.45, 2.75) is 25.9 Å². The van der Waals surface area contributed by atoms with E-state index in [1.54, 1.807) is 21.0 Å². The van der Waals surface area contributed by atoms with Gasteiger partial charge in [-0.15, -0.1) is 0 Å². The second-order valence-electron chi connectivity index (χ2n) is 4.70. The van der Waals surface area contributed by atoms with E-state index in [1.807, 2.05) is 6.07 Å². The summed E-state index contributed by atoms with van der Waals surface area (Å²) in [4.78, 5) is 0. The van der Waals surface area contributed by atoms with Gasteiger partial charge >= 0.3 is 0 Å². The van der Waals surface area contributed by atoms with Gasteiger partial charge in [-0.25, -0.2) is 0 Å². The Bertz CT molecular complexity index is 451. The van der Waals surface area contributed by atoms with Crippen LogP contribution in [0.25, 0.3) is 0 Å². The van der Waals surface area contributed by atoms with Crippen molar-refractivity contribution < 1.29 is 19.3 Å². The molecule has 1 N–H and O–H groups in total. The molecule has 1 aromatic rings. The van der Waals surface area contributed by atoms with Crippen molar-refractivity contribution in [3.8, 4) is 17.2 Å². The number of rotatable bonds is 2. The Kier molecular flexibility index (Phi) is 3.73. The molecule has 0 aromatic heterocycles. The fourth-order valence-electron chi connectivity index (χ4n) is 2.01. The van der Waals surface area contributed by atoms with Crippen LogP contribution in [0.15, 0.2) is 10.5 Å². The SMILES string of the molecule is COc1c(Br)cc2c(c1C(C)(C)O)OCCCO2. The molecule has 1 aliphatic heterocycles. The van der Waals surface area contributed by atoms with Crippen LogP contribution in [0.2, 0.25) is 0 Å². The zero-order chi connectivity index (χ0) is 13.3. The number of methoxy groups -OCH3 is 1. The smallest absolute Gasteiger partial charge is 0.171 e. The van der Waals surface area contributed by atoms with Crippen LogP contribution >= 0.6 is 15.9 Å². The first-order valence-corrected chi connectivity index (χ1v) is 6.63. The monoisotopic (exact) mass is 316 g/mol. The van der Waals surface area contributed by atoms with E-state index in [0.717, 1.165) is 10.9 Å². The van der Waals surface area contributed by atoms with Gasteiger partial charge < -0.3 is 19.3 Å². The summed E-state index contributed by atoms with van der Waals surface area (Å²) in [5.74, 6) is 1.78. The highest BCUT2D eigenvalue weighted by Gasteiger charge is 2.31. The zero-order valence-electron chi connectivity index (χ0n) is 10.7. The van der Waals surface area contributed by atoms with Gasteiger partial charge in [0.2, 0.25) is 0 Å². The van der Waals surface area contributed by atoms with E-state index in [2.05, 4.69) is 15.9 Å². The molecule has 0 unspecified atom stereocenters. The average Bonchev–Trinajstić information content (AvgIpc) is 2.50. The highest BCUT2D eigenvalue weighted by atomic mass is 79.9. The quantitative estimate of drug-likeness (QED) is 0.911. The predicted octanol–water partition coefficient (Wildman–Crippen LogP) is 2.85. The molecule has 0 atom stereocenters. The number of aliphatic hydroxyl groups is 1. The van der Waals surface area contributed by atoms with E-state index in [0.29, 0.717) is 36.0 Å². The van der Waals surface area contributed by atoms with Crippen molar-refractivity contribution in [1.29, 1.82) is 0 Å². The lowest BCUT2D eigenvalue weighted by Crippen LogP contribution is -2.19. The van der Waals surface area contributed by atoms with Crippen molar-refractivity contribution in [2.75, 3.05) is 20.3 Å². The fraction of sp³-hybridized carbons (Fsp3) is 0.538. The molecule has 1 aliphatic rings. The Morgan fingerprint density at radius 1 is 1.33 bits per heavy atom. The Morgan fingerprint density at radius 2 is 2.00 bits per heavy atom. The van der Waals surface area contributed by atoms with E-state index in [4.69, 9.17) is 14.2 Å². The molecule has 0 spiro atoms. The van der Waals surface area contributed by atoms with Gasteiger partial charge in [0.05, 0.1) is 36.0 Å². The lowest BCUT2D eigenvalue weighted by atomic mass is 9.95. The average molecular weight is 317 g/mol. The lowest BCUT2D eigenvalue weighted by molar-refractivity contribution is 0.0715. The number of hydrogen-bond acceptors (Lipinski definition) is 4. The van der Waals surface area contributed by atoms with Gasteiger partial charge in [-0.3, -0.25) is 0 Å². The van der Waals surface area contributed by atoms with Crippen LogP contribution in [0.4, 0.5) is 0 Å². The zero-order valence-corrected chi connectivity index (χ0v) is 12.3. The Hall–Kier alpha value is -0.940. The maximum atomic E-state index is 10.3. The number of hydrogen-bond donors (Lipinski definition) is 1. The first-order valence-electron chi connectivity index (χ1n) is 5.84. The summed E-state index contributed by atoms with van der Waals surface area (Å²) in [5, 5.41) is 10.3. The number of ether oxygens (including phenoxy) is 3. The van der Waals surface area contributed by atoms with Crippen LogP contribution in [0, 0.1) is 0 Å². The largest absolute Gasteiger partial charge is 0.495 e. The summed E-state index contributed by atoms with van der Waals surface area (Å²) in [5.41, 5.74) is -0.469. The van der Waals surface area contributed by atoms with Crippen LogP contribution in [-0.4, -0.2) is 25.4 Å². The number of fused-ring (bicyclic) bond motifs is 1. The van der Waals surface area contributed by atoms with Crippen LogP contribution in [0.1, 0.15) is 25.8 Å². The molecular weight excluding hydrogens is 300 g/mol. The molecule has 0 fully saturated rings. The predicted molar refractivity (Wildman–Crippen MR) is 71.5 cm³/mol. The van der Waals surface area contributed by atoms with E-state index in [9.17, 15) is 5.11 Å². The van der Waals surface area contributed by atoms with Crippen molar-refractivity contribution in [3.63, 3.8) is 0 Å². The second-order valence-corrected chi connectivity index (χ2v) is 5.56. The first-order chi connectivity index (χ1) is 8.45. The third-order valence-corrected chi connectivity index (χ3v) is 3.35. The van der Waals surface area contributed by atoms with E-state index >= 15 is 0 Å². The maximum absolute atomic E-state index is 10.3. The van der Waals surface area contributed by atoms with Crippen molar-refractivity contribution in [3.05, 3.63) is 16.1 Å². The molecule has 100 valence electrons. The first kappa shape index (κ1) is 13.5. The Balaban J connectivity index is 2.69. The summed E-state index contributed by atoms with van der Waals surface area (Å²) in [6.07, 6.45) is 0.819. The lowest BCUT2D eigenvalue weighted by Gasteiger charge is -2.25. The summed E-state index contributed by atoms with van der Waals surface area (Å²) in [6.45, 7) is 4.58. The molecule has 18 heavy (non-hydrogen) atoms. The molecule has 0 amide bonds. The maximum Gasteiger partial charge on any atom is 0.171 e. The molecule has 0 bridgehead atoms. The van der Waals surface area contributed by atoms with E-state index in [-0.39, 0.29) is 0 Å². The van der Waals surface area contributed by atoms with Crippen molar-refractivity contribution >= 4 is 15.9 Å². The fourth-order valence-corrected chi connectivity index (χ4v) is 2.58. The summed E-state index contributed by atoms with van der Waals surface area (Å²) >= 11 is 3.43. The molecular formula is C13H17BrO4. The topological polar surface area (TPSA) is 47.9 Å². The highest BCUT2D eigenvalue weighted by molar-refractivity contribution is 9.10. The Labute approximate surface area is 115 Å². The summed E-state index contributed by atoms with van der Waals surface area (Å²) in [7, 11) is 1.57. The third kappa shape index (κ3) is 2.42. The standard InChI is InChI=1S/C13H17BrO4/c1-13(2,15)10-11(16-3)8(14)7-9-12(10)18-6-4-5-17-9/h7,15H,4-6H2,1-3H3. The van der Waals surface area contributed by atoms with Crippen LogP contribution in [-0.2, 0) is 5.60 Å². The van der Waals surface area contributed by atoms with Crippen molar-refractivity contribution in [2.24, 2.45) is 0 Å². The molecule has 4 nitrogen and oxygen atoms in total. The Morgan fingerprint density at radius 3 is 2.61 bits per heavy atom. The van der Waals surface area contributed by atoms with Gasteiger partial charge in [0.25, 0.3) is 0 Å². The summed E-state index contributed by atoms with van der Waals surface area (Å²) < 4.78 is 17.5. The van der Waals surface area contributed by atoms with Crippen LogP contribution in [0.5, 0.6) is 17.2 Å². The molecule has 0 saturated carbocycles. The minimum atomic E-state index is -1.08. The van der Waals surface area contributed by atoms with E-state index in [1.165, 1.54) is 0 Å². The minimum absolute atomic E-state index is 0.569. The van der Waals surface area contributed by atoms with Gasteiger partial charge in [-0.05, 0) is 29.8 Å². The van der Waals surface area contributed by atoms with E-state index < -0.39 is 5.60 Å². The van der Waals surface area contributed by atoms with Crippen molar-refractivity contribution in [1.82, 2.24) is 0 Å². The molecule has 5 heteroatoms. The molecule has 0 aliphatic carbocycles. The summed E-state index contributed by atoms with van der Waals surface area (Å²) in [6, 6.07) is 1.81. The van der Waals surface area contributed by atoms with Crippen LogP contribution < -0.4 is 14.2 Å². The minimum Gasteiger partial charge on any atom is -0.495 e. The second kappa shape index (κ2) is 4.97. The molecule has 2 rings (SSSR count). The van der Waals surface area contributed by atoms with Gasteiger partial charge in [0, 0.05) is 12.5 Å². The van der Waals surface area contributed by atoms with Gasteiger partial charge in [-0.1, -0.05) is 0 Å². The molecule has 1 aromatic carbocycles. The van der Waals surface area contributed by atoms with Gasteiger partial charge in [-0.2, -0.15) is 0 Å². The molecule has 1 heterocycles. The third-order valence-electron chi connectivity index (χ3n) is 2.76. The van der Waals surface area contributed by atoms with Gasteiger partial charge in [0.15, 0.2) is 11.5 Å². The van der Waals surface area contributed by atoms with Gasteiger partial charge in [0.1, 0.15) is 5.75 Å². The normalized spacial score (nSPS) is 15.2. The van der Waals surface area contributed by atoms with Crippen LogP contribution in [0.3, 0.4) is 0 Å².